The Kier molecular flexibility index (Phi) is 8.89. The van der Waals surface area contributed by atoms with E-state index >= 15 is 0 Å². The van der Waals surface area contributed by atoms with Gasteiger partial charge in [0.05, 0.1) is 41.7 Å². The number of esters is 2. The first kappa shape index (κ1) is 29.9. The van der Waals surface area contributed by atoms with Crippen LogP contribution >= 0.6 is 0 Å². The SMILES string of the molecule is CC1=C(C(=O)OCC(C)C)C(c2cn(-c3ccccc3)nc2-c2ccc3c(c2)OCCO3)C(C(=O)OCC(C)C)=C(C)N1. The van der Waals surface area contributed by atoms with Gasteiger partial charge in [-0.1, -0.05) is 45.9 Å². The summed E-state index contributed by atoms with van der Waals surface area (Å²) in [6.07, 6.45) is 1.88. The van der Waals surface area contributed by atoms with Crippen LogP contribution in [-0.4, -0.2) is 48.1 Å². The number of nitrogens with zero attached hydrogens (tertiary/aromatic N) is 2. The molecule has 3 heterocycles. The average Bonchev–Trinajstić information content (AvgIpc) is 3.44. The van der Waals surface area contributed by atoms with Gasteiger partial charge in [0.15, 0.2) is 11.5 Å². The van der Waals surface area contributed by atoms with Gasteiger partial charge in [-0.15, -0.1) is 0 Å². The van der Waals surface area contributed by atoms with Crippen molar-refractivity contribution in [3.05, 3.63) is 82.8 Å². The molecule has 2 aliphatic heterocycles. The number of para-hydroxylation sites is 1. The number of allylic oxidation sites excluding steroid dienone is 2. The number of carbonyl (C=O) groups excluding carboxylic acids is 2. The van der Waals surface area contributed by atoms with E-state index in [9.17, 15) is 9.59 Å². The first-order valence-corrected chi connectivity index (χ1v) is 14.7. The number of aromatic nitrogens is 2. The average molecular weight is 586 g/mol. The molecule has 1 N–H and O–H groups in total. The number of benzene rings is 2. The summed E-state index contributed by atoms with van der Waals surface area (Å²) < 4.78 is 24.9. The Morgan fingerprint density at radius 1 is 0.884 bits per heavy atom. The third kappa shape index (κ3) is 6.45. The summed E-state index contributed by atoms with van der Waals surface area (Å²) in [6, 6.07) is 15.4. The van der Waals surface area contributed by atoms with Crippen LogP contribution in [0.2, 0.25) is 0 Å². The molecule has 0 amide bonds. The maximum atomic E-state index is 13.8. The topological polar surface area (TPSA) is 101 Å². The van der Waals surface area contributed by atoms with E-state index in [0.29, 0.717) is 58.5 Å². The van der Waals surface area contributed by atoms with Crippen LogP contribution in [0.3, 0.4) is 0 Å². The fourth-order valence-corrected chi connectivity index (χ4v) is 5.21. The molecule has 2 aliphatic rings. The van der Waals surface area contributed by atoms with E-state index < -0.39 is 17.9 Å². The number of ether oxygens (including phenoxy) is 4. The normalized spacial score (nSPS) is 15.2. The highest BCUT2D eigenvalue weighted by Crippen LogP contribution is 2.44. The van der Waals surface area contributed by atoms with Crippen molar-refractivity contribution in [1.82, 2.24) is 15.1 Å². The number of nitrogens with one attached hydrogen (secondary N) is 1. The lowest BCUT2D eigenvalue weighted by atomic mass is 9.79. The Balaban J connectivity index is 1.72. The molecule has 0 spiro atoms. The highest BCUT2D eigenvalue weighted by Gasteiger charge is 2.40. The summed E-state index contributed by atoms with van der Waals surface area (Å²) in [5, 5.41) is 8.26. The maximum absolute atomic E-state index is 13.8. The molecule has 9 nitrogen and oxygen atoms in total. The van der Waals surface area contributed by atoms with Crippen LogP contribution in [0.15, 0.2) is 77.3 Å². The summed E-state index contributed by atoms with van der Waals surface area (Å²) in [4.78, 5) is 27.6. The molecular weight excluding hydrogens is 546 g/mol. The van der Waals surface area contributed by atoms with Crippen LogP contribution in [0, 0.1) is 11.8 Å². The predicted octanol–water partition coefficient (Wildman–Crippen LogP) is 5.94. The van der Waals surface area contributed by atoms with Gasteiger partial charge in [-0.25, -0.2) is 14.3 Å². The lowest BCUT2D eigenvalue weighted by Crippen LogP contribution is -2.33. The molecule has 9 heteroatoms. The van der Waals surface area contributed by atoms with Crippen LogP contribution < -0.4 is 14.8 Å². The second kappa shape index (κ2) is 12.8. The zero-order valence-electron chi connectivity index (χ0n) is 25.6. The maximum Gasteiger partial charge on any atom is 0.336 e. The van der Waals surface area contributed by atoms with Gasteiger partial charge in [0.25, 0.3) is 0 Å². The van der Waals surface area contributed by atoms with Crippen molar-refractivity contribution in [1.29, 1.82) is 0 Å². The van der Waals surface area contributed by atoms with Crippen molar-refractivity contribution in [3.8, 4) is 28.4 Å². The molecular formula is C34H39N3O6. The lowest BCUT2D eigenvalue weighted by Gasteiger charge is -2.30. The molecule has 2 aromatic carbocycles. The van der Waals surface area contributed by atoms with Crippen molar-refractivity contribution >= 4 is 11.9 Å². The Hall–Kier alpha value is -4.53. The fourth-order valence-electron chi connectivity index (χ4n) is 5.21. The summed E-state index contributed by atoms with van der Waals surface area (Å²) in [5.74, 6) is -0.245. The molecule has 0 atom stereocenters. The third-order valence-corrected chi connectivity index (χ3v) is 7.19. The fraction of sp³-hybridized carbons (Fsp3) is 0.382. The van der Waals surface area contributed by atoms with E-state index in [0.717, 1.165) is 11.3 Å². The Morgan fingerprint density at radius 3 is 2.05 bits per heavy atom. The second-order valence-corrected chi connectivity index (χ2v) is 11.7. The van der Waals surface area contributed by atoms with Gasteiger partial charge in [-0.2, -0.15) is 5.10 Å². The van der Waals surface area contributed by atoms with Crippen molar-refractivity contribution in [2.45, 2.75) is 47.5 Å². The second-order valence-electron chi connectivity index (χ2n) is 11.7. The predicted molar refractivity (Wildman–Crippen MR) is 163 cm³/mol. The van der Waals surface area contributed by atoms with Gasteiger partial charge in [0.1, 0.15) is 13.2 Å². The van der Waals surface area contributed by atoms with Gasteiger partial charge in [0, 0.05) is 28.7 Å². The van der Waals surface area contributed by atoms with E-state index in [-0.39, 0.29) is 25.0 Å². The number of hydrogen-bond donors (Lipinski definition) is 1. The van der Waals surface area contributed by atoms with Crippen molar-refractivity contribution < 1.29 is 28.5 Å². The van der Waals surface area contributed by atoms with Gasteiger partial charge in [-0.05, 0) is 56.0 Å². The van der Waals surface area contributed by atoms with E-state index in [1.165, 1.54) is 0 Å². The summed E-state index contributed by atoms with van der Waals surface area (Å²) in [7, 11) is 0. The number of fused-ring (bicyclic) bond motifs is 1. The van der Waals surface area contributed by atoms with Gasteiger partial charge in [0.2, 0.25) is 0 Å². The Labute approximate surface area is 252 Å². The minimum atomic E-state index is -0.804. The molecule has 0 fully saturated rings. The van der Waals surface area contributed by atoms with Crippen molar-refractivity contribution in [2.24, 2.45) is 11.8 Å². The number of hydrogen-bond acceptors (Lipinski definition) is 8. The van der Waals surface area contributed by atoms with E-state index in [1.54, 1.807) is 4.68 Å². The van der Waals surface area contributed by atoms with Gasteiger partial charge >= 0.3 is 11.9 Å². The molecule has 1 aromatic heterocycles. The first-order valence-electron chi connectivity index (χ1n) is 14.7. The first-order chi connectivity index (χ1) is 20.6. The van der Waals surface area contributed by atoms with Gasteiger partial charge in [-0.3, -0.25) is 0 Å². The summed E-state index contributed by atoms with van der Waals surface area (Å²) >= 11 is 0. The minimum Gasteiger partial charge on any atom is -0.486 e. The summed E-state index contributed by atoms with van der Waals surface area (Å²) in [6.45, 7) is 13.0. The monoisotopic (exact) mass is 585 g/mol. The molecule has 0 unspecified atom stereocenters. The molecule has 5 rings (SSSR count). The van der Waals surface area contributed by atoms with Crippen LogP contribution in [0.25, 0.3) is 16.9 Å². The van der Waals surface area contributed by atoms with Crippen molar-refractivity contribution in [2.75, 3.05) is 26.4 Å². The molecule has 0 radical (unpaired) electrons. The highest BCUT2D eigenvalue weighted by atomic mass is 16.6. The number of dihydropyridines is 1. The third-order valence-electron chi connectivity index (χ3n) is 7.19. The zero-order chi connectivity index (χ0) is 30.7. The van der Waals surface area contributed by atoms with Crippen LogP contribution in [0.4, 0.5) is 0 Å². The number of carbonyl (C=O) groups is 2. The van der Waals surface area contributed by atoms with Crippen LogP contribution in [-0.2, 0) is 19.1 Å². The Bertz CT molecular complexity index is 1520. The molecule has 3 aromatic rings. The van der Waals surface area contributed by atoms with E-state index in [1.807, 2.05) is 96.3 Å². The van der Waals surface area contributed by atoms with Crippen LogP contribution in [0.1, 0.15) is 53.0 Å². The minimum absolute atomic E-state index is 0.140. The molecule has 0 saturated heterocycles. The Morgan fingerprint density at radius 2 is 1.47 bits per heavy atom. The van der Waals surface area contributed by atoms with E-state index in [2.05, 4.69) is 5.32 Å². The number of rotatable bonds is 9. The molecule has 43 heavy (non-hydrogen) atoms. The van der Waals surface area contributed by atoms with Gasteiger partial charge < -0.3 is 24.3 Å². The summed E-state index contributed by atoms with van der Waals surface area (Å²) in [5.41, 5.74) is 4.74. The molecule has 0 aliphatic carbocycles. The molecule has 0 bridgehead atoms. The zero-order valence-corrected chi connectivity index (χ0v) is 25.6. The quantitative estimate of drug-likeness (QED) is 0.308. The smallest absolute Gasteiger partial charge is 0.336 e. The van der Waals surface area contributed by atoms with E-state index in [4.69, 9.17) is 24.0 Å². The largest absolute Gasteiger partial charge is 0.486 e. The molecule has 0 saturated carbocycles. The lowest BCUT2D eigenvalue weighted by molar-refractivity contribution is -0.141. The molecule has 226 valence electrons. The van der Waals surface area contributed by atoms with Crippen LogP contribution in [0.5, 0.6) is 11.5 Å². The highest BCUT2D eigenvalue weighted by molar-refractivity contribution is 6.00. The van der Waals surface area contributed by atoms with Crippen molar-refractivity contribution in [3.63, 3.8) is 0 Å². The standard InChI is InChI=1S/C34H39N3O6/c1-20(2)18-42-33(38)29-22(5)35-23(6)30(34(39)43-19-21(3)4)31(29)26-17-37(25-10-8-7-9-11-25)36-32(26)24-12-13-27-28(16-24)41-15-14-40-27/h7-13,16-17,20-21,31,35H,14-15,18-19H2,1-6H3.